The van der Waals surface area contributed by atoms with E-state index in [1.807, 2.05) is 6.07 Å². The molecule has 3 aromatic rings. The molecule has 11 heteroatoms. The molecule has 0 unspecified atom stereocenters. The summed E-state index contributed by atoms with van der Waals surface area (Å²) < 4.78 is 1.53. The SMILES string of the molecule is C[C@@H](Nc1nc(N)nc(N)c1C#N)c1nc2cccc(Cl)c2c(=O)n1CCCN. The summed E-state index contributed by atoms with van der Waals surface area (Å²) in [4.78, 5) is 25.6. The second-order valence-corrected chi connectivity index (χ2v) is 6.78. The highest BCUT2D eigenvalue weighted by Gasteiger charge is 2.20. The molecule has 1 aromatic carbocycles. The van der Waals surface area contributed by atoms with E-state index in [4.69, 9.17) is 28.8 Å². The fourth-order valence-corrected chi connectivity index (χ4v) is 3.27. The summed E-state index contributed by atoms with van der Waals surface area (Å²) in [6, 6.07) is 6.53. The molecule has 29 heavy (non-hydrogen) atoms. The Kier molecular flexibility index (Phi) is 5.81. The smallest absolute Gasteiger partial charge is 0.262 e. The van der Waals surface area contributed by atoms with Gasteiger partial charge in [0.1, 0.15) is 23.3 Å². The summed E-state index contributed by atoms with van der Waals surface area (Å²) in [5.74, 6) is 0.497. The van der Waals surface area contributed by atoms with Gasteiger partial charge in [-0.05, 0) is 32.0 Å². The van der Waals surface area contributed by atoms with E-state index in [-0.39, 0.29) is 28.7 Å². The lowest BCUT2D eigenvalue weighted by molar-refractivity contribution is 0.570. The summed E-state index contributed by atoms with van der Waals surface area (Å²) in [5.41, 5.74) is 17.3. The highest BCUT2D eigenvalue weighted by Crippen LogP contribution is 2.25. The second kappa shape index (κ2) is 8.30. The molecule has 7 N–H and O–H groups in total. The molecule has 3 rings (SSSR count). The number of nitrogens with zero attached hydrogens (tertiary/aromatic N) is 5. The van der Waals surface area contributed by atoms with Gasteiger partial charge in [0, 0.05) is 6.54 Å². The van der Waals surface area contributed by atoms with Gasteiger partial charge in [0.25, 0.3) is 5.56 Å². The zero-order chi connectivity index (χ0) is 21.1. The van der Waals surface area contributed by atoms with Gasteiger partial charge in [-0.1, -0.05) is 17.7 Å². The Bertz CT molecular complexity index is 1170. The van der Waals surface area contributed by atoms with Crippen LogP contribution in [0.1, 0.15) is 30.8 Å². The molecule has 0 aliphatic carbocycles. The van der Waals surface area contributed by atoms with E-state index in [1.165, 1.54) is 4.57 Å². The van der Waals surface area contributed by atoms with Crippen LogP contribution in [0.2, 0.25) is 5.02 Å². The summed E-state index contributed by atoms with van der Waals surface area (Å²) in [5, 5.41) is 13.1. The number of halogens is 1. The van der Waals surface area contributed by atoms with E-state index in [0.717, 1.165) is 0 Å². The molecular weight excluding hydrogens is 394 g/mol. The van der Waals surface area contributed by atoms with E-state index in [0.29, 0.717) is 41.3 Å². The minimum absolute atomic E-state index is 0.0338. The van der Waals surface area contributed by atoms with Gasteiger partial charge in [0.15, 0.2) is 5.82 Å². The van der Waals surface area contributed by atoms with Crippen LogP contribution < -0.4 is 28.1 Å². The van der Waals surface area contributed by atoms with Crippen molar-refractivity contribution in [2.75, 3.05) is 23.3 Å². The third-order valence-corrected chi connectivity index (χ3v) is 4.67. The molecule has 0 radical (unpaired) electrons. The fourth-order valence-electron chi connectivity index (χ4n) is 3.02. The first-order valence-corrected chi connectivity index (χ1v) is 9.23. The number of nitrogens with one attached hydrogen (secondary N) is 1. The molecule has 0 saturated carbocycles. The zero-order valence-corrected chi connectivity index (χ0v) is 16.4. The van der Waals surface area contributed by atoms with Crippen LogP contribution in [-0.2, 0) is 6.54 Å². The number of nitrogens with two attached hydrogens (primary N) is 3. The standard InChI is InChI=1S/C18H20ClN9O/c1-9(24-15-10(8-21)14(22)26-18(23)27-15)16-25-12-5-2-4-11(19)13(12)17(29)28(16)7-3-6-20/h2,4-5,9H,3,6-7,20H2,1H3,(H5,22,23,24,26,27)/t9-/m1/s1. The first-order valence-electron chi connectivity index (χ1n) is 8.86. The highest BCUT2D eigenvalue weighted by atomic mass is 35.5. The molecular formula is C18H20ClN9O. The molecule has 0 aliphatic rings. The lowest BCUT2D eigenvalue weighted by Crippen LogP contribution is -2.29. The van der Waals surface area contributed by atoms with E-state index in [1.54, 1.807) is 25.1 Å². The number of nitrogen functional groups attached to an aromatic ring is 2. The molecule has 10 nitrogen and oxygen atoms in total. The molecule has 0 spiro atoms. The minimum atomic E-state index is -0.510. The van der Waals surface area contributed by atoms with Crippen LogP contribution in [0.15, 0.2) is 23.0 Å². The number of aromatic nitrogens is 4. The summed E-state index contributed by atoms with van der Waals surface area (Å²) in [6.45, 7) is 2.56. The average Bonchev–Trinajstić information content (AvgIpc) is 2.66. The molecule has 0 amide bonds. The summed E-state index contributed by atoms with van der Waals surface area (Å²) in [7, 11) is 0. The number of anilines is 3. The van der Waals surface area contributed by atoms with Gasteiger partial charge in [0.2, 0.25) is 5.95 Å². The Morgan fingerprint density at radius 2 is 2.07 bits per heavy atom. The molecule has 150 valence electrons. The average molecular weight is 414 g/mol. The topological polar surface area (TPSA) is 175 Å². The molecule has 0 saturated heterocycles. The zero-order valence-electron chi connectivity index (χ0n) is 15.7. The predicted molar refractivity (Wildman–Crippen MR) is 112 cm³/mol. The maximum absolute atomic E-state index is 13.1. The maximum Gasteiger partial charge on any atom is 0.262 e. The van der Waals surface area contributed by atoms with Crippen molar-refractivity contribution in [1.82, 2.24) is 19.5 Å². The Labute approximate surface area is 171 Å². The molecule has 2 heterocycles. The van der Waals surface area contributed by atoms with Crippen molar-refractivity contribution in [2.45, 2.75) is 25.9 Å². The van der Waals surface area contributed by atoms with E-state index >= 15 is 0 Å². The summed E-state index contributed by atoms with van der Waals surface area (Å²) >= 11 is 6.23. The Hall–Kier alpha value is -3.42. The van der Waals surface area contributed by atoms with Crippen molar-refractivity contribution in [3.05, 3.63) is 45.0 Å². The van der Waals surface area contributed by atoms with Crippen LogP contribution >= 0.6 is 11.6 Å². The lowest BCUT2D eigenvalue weighted by Gasteiger charge is -2.20. The number of rotatable bonds is 6. The van der Waals surface area contributed by atoms with Crippen LogP contribution in [0.5, 0.6) is 0 Å². The van der Waals surface area contributed by atoms with Gasteiger partial charge < -0.3 is 22.5 Å². The third kappa shape index (κ3) is 3.91. The van der Waals surface area contributed by atoms with Crippen molar-refractivity contribution < 1.29 is 0 Å². The Balaban J connectivity index is 2.14. The van der Waals surface area contributed by atoms with Crippen LogP contribution in [0, 0.1) is 11.3 Å². The fraction of sp³-hybridized carbons (Fsp3) is 0.278. The van der Waals surface area contributed by atoms with Gasteiger partial charge in [0.05, 0.1) is 22.0 Å². The number of nitriles is 1. The quantitative estimate of drug-likeness (QED) is 0.465. The van der Waals surface area contributed by atoms with Crippen molar-refractivity contribution in [3.8, 4) is 6.07 Å². The monoisotopic (exact) mass is 413 g/mol. The van der Waals surface area contributed by atoms with Gasteiger partial charge >= 0.3 is 0 Å². The van der Waals surface area contributed by atoms with Gasteiger partial charge in [-0.2, -0.15) is 15.2 Å². The number of fused-ring (bicyclic) bond motifs is 1. The normalized spacial score (nSPS) is 11.9. The van der Waals surface area contributed by atoms with Crippen molar-refractivity contribution in [3.63, 3.8) is 0 Å². The molecule has 0 bridgehead atoms. The van der Waals surface area contributed by atoms with Crippen LogP contribution in [0.25, 0.3) is 10.9 Å². The van der Waals surface area contributed by atoms with Crippen molar-refractivity contribution in [2.24, 2.45) is 5.73 Å². The minimum Gasteiger partial charge on any atom is -0.382 e. The van der Waals surface area contributed by atoms with Crippen LogP contribution in [-0.4, -0.2) is 26.1 Å². The first kappa shape index (κ1) is 20.3. The highest BCUT2D eigenvalue weighted by molar-refractivity contribution is 6.35. The Morgan fingerprint density at radius 1 is 1.31 bits per heavy atom. The molecule has 1 atom stereocenters. The molecule has 0 fully saturated rings. The van der Waals surface area contributed by atoms with Crippen molar-refractivity contribution in [1.29, 1.82) is 5.26 Å². The molecule has 0 aliphatic heterocycles. The van der Waals surface area contributed by atoms with Crippen molar-refractivity contribution >= 4 is 40.1 Å². The van der Waals surface area contributed by atoms with Crippen LogP contribution in [0.3, 0.4) is 0 Å². The lowest BCUT2D eigenvalue weighted by atomic mass is 10.2. The molecule has 2 aromatic heterocycles. The largest absolute Gasteiger partial charge is 0.382 e. The van der Waals surface area contributed by atoms with Gasteiger partial charge in [-0.3, -0.25) is 9.36 Å². The third-order valence-electron chi connectivity index (χ3n) is 4.35. The Morgan fingerprint density at radius 3 is 2.76 bits per heavy atom. The van der Waals surface area contributed by atoms with Crippen LogP contribution in [0.4, 0.5) is 17.6 Å². The van der Waals surface area contributed by atoms with Gasteiger partial charge in [-0.15, -0.1) is 0 Å². The first-order chi connectivity index (χ1) is 13.9. The van der Waals surface area contributed by atoms with Gasteiger partial charge in [-0.25, -0.2) is 4.98 Å². The second-order valence-electron chi connectivity index (χ2n) is 6.37. The number of hydrogen-bond acceptors (Lipinski definition) is 9. The predicted octanol–water partition coefficient (Wildman–Crippen LogP) is 1.40. The number of hydrogen-bond donors (Lipinski definition) is 4. The van der Waals surface area contributed by atoms with E-state index in [2.05, 4.69) is 20.3 Å². The van der Waals surface area contributed by atoms with E-state index < -0.39 is 6.04 Å². The number of benzene rings is 1. The maximum atomic E-state index is 13.1. The summed E-state index contributed by atoms with van der Waals surface area (Å²) in [6.07, 6.45) is 0.577. The van der Waals surface area contributed by atoms with E-state index in [9.17, 15) is 10.1 Å².